The highest BCUT2D eigenvalue weighted by Gasteiger charge is 2.23. The molecule has 1 N–H and O–H groups in total. The van der Waals surface area contributed by atoms with Crippen LogP contribution >= 0.6 is 0 Å². The lowest BCUT2D eigenvalue weighted by Crippen LogP contribution is -2.48. The van der Waals surface area contributed by atoms with Crippen molar-refractivity contribution in [1.29, 1.82) is 0 Å². The average molecular weight is 283 g/mol. The van der Waals surface area contributed by atoms with Gasteiger partial charge in [-0.1, -0.05) is 27.7 Å². The van der Waals surface area contributed by atoms with Gasteiger partial charge in [-0.3, -0.25) is 4.99 Å². The third-order valence-electron chi connectivity index (χ3n) is 3.45. The topological polar surface area (TPSA) is 36.9 Å². The zero-order valence-electron chi connectivity index (χ0n) is 14.0. The van der Waals surface area contributed by atoms with Crippen molar-refractivity contribution in [2.45, 2.75) is 41.0 Å². The number of piperidine rings is 1. The van der Waals surface area contributed by atoms with E-state index in [0.717, 1.165) is 50.6 Å². The van der Waals surface area contributed by atoms with Crippen LogP contribution in [0.1, 0.15) is 41.0 Å². The predicted molar refractivity (Wildman–Crippen MR) is 86.2 cm³/mol. The van der Waals surface area contributed by atoms with Crippen molar-refractivity contribution >= 4 is 5.96 Å². The predicted octanol–water partition coefficient (Wildman–Crippen LogP) is 2.60. The van der Waals surface area contributed by atoms with Crippen LogP contribution < -0.4 is 5.32 Å². The third kappa shape index (κ3) is 6.60. The molecule has 1 rings (SSSR count). The van der Waals surface area contributed by atoms with E-state index in [-0.39, 0.29) is 0 Å². The Bertz CT molecular complexity index is 281. The Morgan fingerprint density at radius 2 is 1.95 bits per heavy atom. The number of aliphatic imine (C=N–C) groups is 1. The normalized spacial score (nSPS) is 24.3. The summed E-state index contributed by atoms with van der Waals surface area (Å²) in [6.45, 7) is 16.6. The number of ether oxygens (including phenoxy) is 1. The molecule has 0 aromatic carbocycles. The molecule has 2 unspecified atom stereocenters. The maximum absolute atomic E-state index is 5.60. The molecule has 1 fully saturated rings. The molecular formula is C16H33N3O. The Hall–Kier alpha value is -0.770. The van der Waals surface area contributed by atoms with E-state index in [4.69, 9.17) is 9.73 Å². The summed E-state index contributed by atoms with van der Waals surface area (Å²) in [6.07, 6.45) is 1.33. The third-order valence-corrected chi connectivity index (χ3v) is 3.45. The zero-order chi connectivity index (χ0) is 15.0. The molecule has 4 heteroatoms. The SMILES string of the molecule is CCNC(=NCCOCC(C)C)N1CC(C)CC(C)C1. The summed E-state index contributed by atoms with van der Waals surface area (Å²) < 4.78 is 5.60. The minimum Gasteiger partial charge on any atom is -0.379 e. The quantitative estimate of drug-likeness (QED) is 0.462. The minimum absolute atomic E-state index is 0.594. The highest BCUT2D eigenvalue weighted by atomic mass is 16.5. The van der Waals surface area contributed by atoms with E-state index in [2.05, 4.69) is 44.8 Å². The first-order valence-corrected chi connectivity index (χ1v) is 8.13. The molecule has 118 valence electrons. The standard InChI is InChI=1S/C16H33N3O/c1-6-17-16(18-7-8-20-12-13(2)3)19-10-14(4)9-15(5)11-19/h13-15H,6-12H2,1-5H3,(H,17,18). The van der Waals surface area contributed by atoms with Crippen LogP contribution in [0.5, 0.6) is 0 Å². The first kappa shape index (κ1) is 17.3. The molecule has 0 aliphatic carbocycles. The van der Waals surface area contributed by atoms with E-state index in [0.29, 0.717) is 12.5 Å². The van der Waals surface area contributed by atoms with Gasteiger partial charge in [-0.25, -0.2) is 0 Å². The summed E-state index contributed by atoms with van der Waals surface area (Å²) in [7, 11) is 0. The van der Waals surface area contributed by atoms with E-state index in [1.807, 2.05) is 0 Å². The Morgan fingerprint density at radius 3 is 2.50 bits per heavy atom. The molecule has 0 saturated carbocycles. The molecular weight excluding hydrogens is 250 g/mol. The Labute approximate surface area is 125 Å². The van der Waals surface area contributed by atoms with Gasteiger partial charge in [0.15, 0.2) is 5.96 Å². The van der Waals surface area contributed by atoms with Gasteiger partial charge in [0.1, 0.15) is 0 Å². The number of rotatable bonds is 6. The lowest BCUT2D eigenvalue weighted by Gasteiger charge is -2.37. The molecule has 0 aromatic rings. The maximum Gasteiger partial charge on any atom is 0.194 e. The summed E-state index contributed by atoms with van der Waals surface area (Å²) in [5.41, 5.74) is 0. The van der Waals surface area contributed by atoms with Gasteiger partial charge in [0.2, 0.25) is 0 Å². The molecule has 0 bridgehead atoms. The van der Waals surface area contributed by atoms with E-state index in [1.54, 1.807) is 0 Å². The fraction of sp³-hybridized carbons (Fsp3) is 0.938. The second-order valence-corrected chi connectivity index (χ2v) is 6.56. The Morgan fingerprint density at radius 1 is 1.30 bits per heavy atom. The number of hydrogen-bond acceptors (Lipinski definition) is 2. The zero-order valence-corrected chi connectivity index (χ0v) is 14.0. The van der Waals surface area contributed by atoms with Crippen molar-refractivity contribution in [2.75, 3.05) is 39.4 Å². The molecule has 2 atom stereocenters. The van der Waals surface area contributed by atoms with Crippen LogP contribution in [0.3, 0.4) is 0 Å². The number of likely N-dealkylation sites (tertiary alicyclic amines) is 1. The highest BCUT2D eigenvalue weighted by Crippen LogP contribution is 2.20. The van der Waals surface area contributed by atoms with E-state index in [1.165, 1.54) is 6.42 Å². The fourth-order valence-electron chi connectivity index (χ4n) is 2.80. The van der Waals surface area contributed by atoms with Crippen molar-refractivity contribution in [3.63, 3.8) is 0 Å². The molecule has 4 nitrogen and oxygen atoms in total. The molecule has 1 aliphatic heterocycles. The number of guanidine groups is 1. The van der Waals surface area contributed by atoms with Crippen LogP contribution in [-0.2, 0) is 4.74 Å². The Balaban J connectivity index is 2.45. The number of nitrogens with one attached hydrogen (secondary N) is 1. The van der Waals surface area contributed by atoms with Crippen molar-refractivity contribution < 1.29 is 4.74 Å². The van der Waals surface area contributed by atoms with Gasteiger partial charge in [0.05, 0.1) is 13.2 Å². The van der Waals surface area contributed by atoms with Gasteiger partial charge in [0.25, 0.3) is 0 Å². The summed E-state index contributed by atoms with van der Waals surface area (Å²) >= 11 is 0. The highest BCUT2D eigenvalue weighted by molar-refractivity contribution is 5.80. The second-order valence-electron chi connectivity index (χ2n) is 6.56. The van der Waals surface area contributed by atoms with Gasteiger partial charge >= 0.3 is 0 Å². The number of hydrogen-bond donors (Lipinski definition) is 1. The molecule has 0 amide bonds. The molecule has 0 spiro atoms. The molecule has 0 aromatic heterocycles. The number of nitrogens with zero attached hydrogens (tertiary/aromatic N) is 2. The monoisotopic (exact) mass is 283 g/mol. The van der Waals surface area contributed by atoms with Gasteiger partial charge in [-0.2, -0.15) is 0 Å². The van der Waals surface area contributed by atoms with Crippen LogP contribution in [-0.4, -0.2) is 50.3 Å². The molecule has 1 aliphatic rings. The van der Waals surface area contributed by atoms with Crippen molar-refractivity contribution in [2.24, 2.45) is 22.7 Å². The van der Waals surface area contributed by atoms with Gasteiger partial charge in [-0.05, 0) is 31.1 Å². The lowest BCUT2D eigenvalue weighted by molar-refractivity contribution is 0.116. The first-order valence-electron chi connectivity index (χ1n) is 8.13. The summed E-state index contributed by atoms with van der Waals surface area (Å²) in [5, 5.41) is 3.41. The van der Waals surface area contributed by atoms with Gasteiger partial charge in [-0.15, -0.1) is 0 Å². The maximum atomic E-state index is 5.60. The smallest absolute Gasteiger partial charge is 0.194 e. The van der Waals surface area contributed by atoms with E-state index in [9.17, 15) is 0 Å². The lowest BCUT2D eigenvalue weighted by atomic mass is 9.92. The first-order chi connectivity index (χ1) is 9.52. The molecule has 1 saturated heterocycles. The van der Waals surface area contributed by atoms with Crippen LogP contribution in [0.15, 0.2) is 4.99 Å². The van der Waals surface area contributed by atoms with Crippen LogP contribution in [0.4, 0.5) is 0 Å². The largest absolute Gasteiger partial charge is 0.379 e. The minimum atomic E-state index is 0.594. The molecule has 0 radical (unpaired) electrons. The fourth-order valence-corrected chi connectivity index (χ4v) is 2.80. The Kier molecular flexibility index (Phi) is 7.97. The van der Waals surface area contributed by atoms with Crippen molar-refractivity contribution in [3.05, 3.63) is 0 Å². The molecule has 1 heterocycles. The van der Waals surface area contributed by atoms with Crippen LogP contribution in [0.25, 0.3) is 0 Å². The summed E-state index contributed by atoms with van der Waals surface area (Å²) in [4.78, 5) is 7.12. The van der Waals surface area contributed by atoms with Gasteiger partial charge < -0.3 is 15.0 Å². The summed E-state index contributed by atoms with van der Waals surface area (Å²) in [6, 6.07) is 0. The second kappa shape index (κ2) is 9.22. The van der Waals surface area contributed by atoms with Crippen molar-refractivity contribution in [1.82, 2.24) is 10.2 Å². The van der Waals surface area contributed by atoms with Crippen LogP contribution in [0, 0.1) is 17.8 Å². The summed E-state index contributed by atoms with van der Waals surface area (Å²) in [5.74, 6) is 3.15. The molecule has 20 heavy (non-hydrogen) atoms. The van der Waals surface area contributed by atoms with E-state index >= 15 is 0 Å². The average Bonchev–Trinajstić information content (AvgIpc) is 2.35. The van der Waals surface area contributed by atoms with Crippen molar-refractivity contribution in [3.8, 4) is 0 Å². The van der Waals surface area contributed by atoms with E-state index < -0.39 is 0 Å². The van der Waals surface area contributed by atoms with Gasteiger partial charge in [0, 0.05) is 26.2 Å². The van der Waals surface area contributed by atoms with Crippen LogP contribution in [0.2, 0.25) is 0 Å².